The summed E-state index contributed by atoms with van der Waals surface area (Å²) in [6.45, 7) is 4.45. The summed E-state index contributed by atoms with van der Waals surface area (Å²) in [6.07, 6.45) is 0.869. The number of anilines is 1. The predicted molar refractivity (Wildman–Crippen MR) is 88.1 cm³/mol. The normalized spacial score (nSPS) is 15.4. The van der Waals surface area contributed by atoms with Gasteiger partial charge in [-0.2, -0.15) is 12.6 Å². The molecule has 5 heteroatoms. The number of para-hydroxylation sites is 1. The van der Waals surface area contributed by atoms with Crippen molar-refractivity contribution in [1.82, 2.24) is 0 Å². The SMILES string of the molecule is CC[C@H](C)[C@H](N)C(=O)N(C[C@@H](N)CS)c1ccccc1. The molecule has 4 N–H and O–H groups in total. The van der Waals surface area contributed by atoms with Crippen molar-refractivity contribution in [2.24, 2.45) is 17.4 Å². The van der Waals surface area contributed by atoms with E-state index in [0.29, 0.717) is 12.3 Å². The van der Waals surface area contributed by atoms with Crippen molar-refractivity contribution in [2.45, 2.75) is 32.4 Å². The lowest BCUT2D eigenvalue weighted by molar-refractivity contribution is -0.120. The maximum Gasteiger partial charge on any atom is 0.244 e. The van der Waals surface area contributed by atoms with Gasteiger partial charge in [-0.15, -0.1) is 0 Å². The first kappa shape index (κ1) is 17.0. The van der Waals surface area contributed by atoms with E-state index in [1.54, 1.807) is 4.90 Å². The fraction of sp³-hybridized carbons (Fsp3) is 0.533. The highest BCUT2D eigenvalue weighted by molar-refractivity contribution is 7.80. The molecule has 0 saturated heterocycles. The standard InChI is InChI=1S/C15H25N3OS/c1-3-11(2)14(17)15(19)18(9-12(16)10-20)13-7-5-4-6-8-13/h4-8,11-12,14,20H,3,9-10,16-17H2,1-2H3/t11-,12+,14-/m0/s1. The first-order valence-electron chi connectivity index (χ1n) is 6.99. The molecule has 0 spiro atoms. The van der Waals surface area contributed by atoms with Gasteiger partial charge in [0, 0.05) is 24.0 Å². The van der Waals surface area contributed by atoms with Gasteiger partial charge < -0.3 is 16.4 Å². The zero-order chi connectivity index (χ0) is 15.1. The quantitative estimate of drug-likeness (QED) is 0.670. The number of hydrogen-bond donors (Lipinski definition) is 3. The second-order valence-corrected chi connectivity index (χ2v) is 5.50. The summed E-state index contributed by atoms with van der Waals surface area (Å²) >= 11 is 4.19. The van der Waals surface area contributed by atoms with Gasteiger partial charge >= 0.3 is 0 Å². The average molecular weight is 295 g/mol. The second-order valence-electron chi connectivity index (χ2n) is 5.14. The van der Waals surface area contributed by atoms with Gasteiger partial charge in [0.05, 0.1) is 6.04 Å². The molecule has 4 nitrogen and oxygen atoms in total. The number of nitrogens with two attached hydrogens (primary N) is 2. The third-order valence-corrected chi connectivity index (χ3v) is 4.00. The lowest BCUT2D eigenvalue weighted by Crippen LogP contribution is -2.51. The Labute approximate surface area is 126 Å². The smallest absolute Gasteiger partial charge is 0.244 e. The zero-order valence-corrected chi connectivity index (χ0v) is 13.1. The Morgan fingerprint density at radius 3 is 2.40 bits per heavy atom. The van der Waals surface area contributed by atoms with Crippen molar-refractivity contribution < 1.29 is 4.79 Å². The molecule has 1 aromatic rings. The maximum absolute atomic E-state index is 12.6. The minimum Gasteiger partial charge on any atom is -0.325 e. The van der Waals surface area contributed by atoms with Crippen molar-refractivity contribution in [3.05, 3.63) is 30.3 Å². The van der Waals surface area contributed by atoms with Crippen LogP contribution in [0.4, 0.5) is 5.69 Å². The monoisotopic (exact) mass is 295 g/mol. The van der Waals surface area contributed by atoms with Crippen molar-refractivity contribution >= 4 is 24.2 Å². The van der Waals surface area contributed by atoms with Gasteiger partial charge in [0.25, 0.3) is 0 Å². The number of nitrogens with zero attached hydrogens (tertiary/aromatic N) is 1. The van der Waals surface area contributed by atoms with Crippen molar-refractivity contribution in [2.75, 3.05) is 17.2 Å². The Morgan fingerprint density at radius 2 is 1.90 bits per heavy atom. The summed E-state index contributed by atoms with van der Waals surface area (Å²) in [5.74, 6) is 0.582. The van der Waals surface area contributed by atoms with Crippen molar-refractivity contribution in [3.8, 4) is 0 Å². The third kappa shape index (κ3) is 4.51. The van der Waals surface area contributed by atoms with E-state index >= 15 is 0 Å². The fourth-order valence-electron chi connectivity index (χ4n) is 1.90. The molecule has 112 valence electrons. The van der Waals surface area contributed by atoms with Gasteiger partial charge in [0.2, 0.25) is 5.91 Å². The van der Waals surface area contributed by atoms with E-state index in [1.165, 1.54) is 0 Å². The Bertz CT molecular complexity index is 413. The number of benzene rings is 1. The van der Waals surface area contributed by atoms with Gasteiger partial charge in [-0.3, -0.25) is 4.79 Å². The van der Waals surface area contributed by atoms with E-state index in [0.717, 1.165) is 12.1 Å². The third-order valence-electron chi connectivity index (χ3n) is 3.53. The van der Waals surface area contributed by atoms with Crippen LogP contribution in [-0.2, 0) is 4.79 Å². The Kier molecular flexibility index (Phi) is 7.05. The number of amides is 1. The zero-order valence-electron chi connectivity index (χ0n) is 12.2. The number of hydrogen-bond acceptors (Lipinski definition) is 4. The average Bonchev–Trinajstić information content (AvgIpc) is 2.50. The first-order valence-corrected chi connectivity index (χ1v) is 7.62. The minimum atomic E-state index is -0.507. The Hall–Kier alpha value is -1.04. The highest BCUT2D eigenvalue weighted by atomic mass is 32.1. The summed E-state index contributed by atoms with van der Waals surface area (Å²) in [7, 11) is 0. The van der Waals surface area contributed by atoms with Gasteiger partial charge in [-0.25, -0.2) is 0 Å². The molecule has 3 atom stereocenters. The van der Waals surface area contributed by atoms with Crippen LogP contribution < -0.4 is 16.4 Å². The molecule has 0 bridgehead atoms. The molecule has 0 aliphatic rings. The lowest BCUT2D eigenvalue weighted by Gasteiger charge is -2.30. The molecular formula is C15H25N3OS. The van der Waals surface area contributed by atoms with E-state index in [2.05, 4.69) is 12.6 Å². The van der Waals surface area contributed by atoms with Crippen LogP contribution in [0.1, 0.15) is 20.3 Å². The Morgan fingerprint density at radius 1 is 1.30 bits per heavy atom. The summed E-state index contributed by atoms with van der Waals surface area (Å²) < 4.78 is 0. The van der Waals surface area contributed by atoms with E-state index in [-0.39, 0.29) is 17.9 Å². The molecule has 0 aliphatic carbocycles. The first-order chi connectivity index (χ1) is 9.51. The number of carbonyl (C=O) groups is 1. The highest BCUT2D eigenvalue weighted by Crippen LogP contribution is 2.17. The second kappa shape index (κ2) is 8.29. The van der Waals surface area contributed by atoms with Gasteiger partial charge in [-0.1, -0.05) is 38.5 Å². The van der Waals surface area contributed by atoms with E-state index < -0.39 is 6.04 Å². The topological polar surface area (TPSA) is 72.4 Å². The molecule has 20 heavy (non-hydrogen) atoms. The fourth-order valence-corrected chi connectivity index (χ4v) is 2.02. The lowest BCUT2D eigenvalue weighted by atomic mass is 9.98. The van der Waals surface area contributed by atoms with Crippen LogP contribution in [-0.4, -0.2) is 30.3 Å². The minimum absolute atomic E-state index is 0.0808. The van der Waals surface area contributed by atoms with Crippen LogP contribution in [0.25, 0.3) is 0 Å². The van der Waals surface area contributed by atoms with Crippen LogP contribution in [0.2, 0.25) is 0 Å². The summed E-state index contributed by atoms with van der Waals surface area (Å²) in [5.41, 5.74) is 12.8. The summed E-state index contributed by atoms with van der Waals surface area (Å²) in [5, 5.41) is 0. The molecular weight excluding hydrogens is 270 g/mol. The summed E-state index contributed by atoms with van der Waals surface area (Å²) in [4.78, 5) is 14.3. The number of rotatable bonds is 7. The number of thiol groups is 1. The molecule has 1 rings (SSSR count). The summed E-state index contributed by atoms with van der Waals surface area (Å²) in [6, 6.07) is 8.82. The molecule has 0 saturated carbocycles. The molecule has 1 aromatic carbocycles. The van der Waals surface area contributed by atoms with E-state index in [4.69, 9.17) is 11.5 Å². The predicted octanol–water partition coefficient (Wildman–Crippen LogP) is 1.65. The van der Waals surface area contributed by atoms with Gasteiger partial charge in [0.1, 0.15) is 0 Å². The van der Waals surface area contributed by atoms with Crippen LogP contribution in [0.3, 0.4) is 0 Å². The van der Waals surface area contributed by atoms with Crippen molar-refractivity contribution in [3.63, 3.8) is 0 Å². The van der Waals surface area contributed by atoms with Crippen LogP contribution >= 0.6 is 12.6 Å². The largest absolute Gasteiger partial charge is 0.325 e. The Balaban J connectivity index is 2.96. The molecule has 0 radical (unpaired) electrons. The van der Waals surface area contributed by atoms with Crippen LogP contribution in [0, 0.1) is 5.92 Å². The van der Waals surface area contributed by atoms with Gasteiger partial charge in [0.15, 0.2) is 0 Å². The highest BCUT2D eigenvalue weighted by Gasteiger charge is 2.26. The van der Waals surface area contributed by atoms with Crippen LogP contribution in [0.5, 0.6) is 0 Å². The maximum atomic E-state index is 12.6. The van der Waals surface area contributed by atoms with E-state index in [9.17, 15) is 4.79 Å². The van der Waals surface area contributed by atoms with Crippen molar-refractivity contribution in [1.29, 1.82) is 0 Å². The number of carbonyl (C=O) groups excluding carboxylic acids is 1. The van der Waals surface area contributed by atoms with E-state index in [1.807, 2.05) is 44.2 Å². The molecule has 0 fully saturated rings. The molecule has 0 heterocycles. The molecule has 1 amide bonds. The van der Waals surface area contributed by atoms with Crippen LogP contribution in [0.15, 0.2) is 30.3 Å². The molecule has 0 aromatic heterocycles. The van der Waals surface area contributed by atoms with Gasteiger partial charge in [-0.05, 0) is 18.1 Å². The molecule has 0 unspecified atom stereocenters. The molecule has 0 aliphatic heterocycles.